The normalized spacial score (nSPS) is 12.8. The highest BCUT2D eigenvalue weighted by Gasteiger charge is 2.24. The maximum Gasteiger partial charge on any atom is 0.174 e. The Kier molecular flexibility index (Phi) is 5.00. The van der Waals surface area contributed by atoms with E-state index in [-0.39, 0.29) is 6.04 Å². The van der Waals surface area contributed by atoms with E-state index in [9.17, 15) is 0 Å². The standard InChI is InChI=1S/C11H14BrClN4O2/c1-18-5-3-17-10(8(13)6-15-17)9(16-14)7-2-4-19-11(7)12/h2,4,6,9,16H,3,5,14H2,1H3. The van der Waals surface area contributed by atoms with Crippen LogP contribution in [0, 0.1) is 0 Å². The highest BCUT2D eigenvalue weighted by atomic mass is 79.9. The molecule has 1 unspecified atom stereocenters. The summed E-state index contributed by atoms with van der Waals surface area (Å²) in [6.07, 6.45) is 3.17. The molecule has 6 nitrogen and oxygen atoms in total. The van der Waals surface area contributed by atoms with Crippen molar-refractivity contribution in [1.82, 2.24) is 15.2 Å². The second-order valence-electron chi connectivity index (χ2n) is 3.84. The molecule has 8 heteroatoms. The van der Waals surface area contributed by atoms with Crippen molar-refractivity contribution >= 4 is 27.5 Å². The lowest BCUT2D eigenvalue weighted by atomic mass is 10.1. The smallest absolute Gasteiger partial charge is 0.174 e. The Labute approximate surface area is 123 Å². The fraction of sp³-hybridized carbons (Fsp3) is 0.364. The van der Waals surface area contributed by atoms with Gasteiger partial charge in [-0.15, -0.1) is 0 Å². The molecule has 0 saturated heterocycles. The van der Waals surface area contributed by atoms with Gasteiger partial charge in [0.15, 0.2) is 4.67 Å². The van der Waals surface area contributed by atoms with Crippen LogP contribution in [-0.4, -0.2) is 23.5 Å². The van der Waals surface area contributed by atoms with Crippen molar-refractivity contribution in [3.05, 3.63) is 39.5 Å². The highest BCUT2D eigenvalue weighted by molar-refractivity contribution is 9.10. The number of ether oxygens (including phenoxy) is 1. The lowest BCUT2D eigenvalue weighted by molar-refractivity contribution is 0.182. The van der Waals surface area contributed by atoms with Gasteiger partial charge in [-0.05, 0) is 22.0 Å². The maximum atomic E-state index is 6.20. The number of halogens is 2. The molecule has 104 valence electrons. The number of methoxy groups -OCH3 is 1. The fourth-order valence-electron chi connectivity index (χ4n) is 1.84. The zero-order valence-corrected chi connectivity index (χ0v) is 12.6. The van der Waals surface area contributed by atoms with E-state index in [1.165, 1.54) is 0 Å². The van der Waals surface area contributed by atoms with Crippen LogP contribution in [-0.2, 0) is 11.3 Å². The molecule has 0 aliphatic rings. The third kappa shape index (κ3) is 3.01. The lowest BCUT2D eigenvalue weighted by Gasteiger charge is -2.17. The van der Waals surface area contributed by atoms with Gasteiger partial charge < -0.3 is 9.15 Å². The van der Waals surface area contributed by atoms with Crippen molar-refractivity contribution < 1.29 is 9.15 Å². The molecule has 0 aliphatic carbocycles. The molecule has 2 heterocycles. The van der Waals surface area contributed by atoms with Crippen molar-refractivity contribution in [2.24, 2.45) is 5.84 Å². The number of rotatable bonds is 6. The molecular weight excluding hydrogens is 336 g/mol. The molecule has 0 amide bonds. The molecule has 0 fully saturated rings. The second kappa shape index (κ2) is 6.53. The summed E-state index contributed by atoms with van der Waals surface area (Å²) in [5.74, 6) is 5.65. The molecule has 0 spiro atoms. The number of nitrogens with two attached hydrogens (primary N) is 1. The van der Waals surface area contributed by atoms with E-state index in [4.69, 9.17) is 26.6 Å². The number of hydrogen-bond donors (Lipinski definition) is 2. The molecule has 2 rings (SSSR count). The SMILES string of the molecule is COCCn1ncc(Cl)c1C(NN)c1ccoc1Br. The molecule has 19 heavy (non-hydrogen) atoms. The van der Waals surface area contributed by atoms with Gasteiger partial charge in [-0.2, -0.15) is 5.10 Å². The molecule has 2 aromatic heterocycles. The predicted octanol–water partition coefficient (Wildman–Crippen LogP) is 2.09. The monoisotopic (exact) mass is 348 g/mol. The predicted molar refractivity (Wildman–Crippen MR) is 74.7 cm³/mol. The summed E-state index contributed by atoms with van der Waals surface area (Å²) in [4.78, 5) is 0. The summed E-state index contributed by atoms with van der Waals surface area (Å²) in [5.41, 5.74) is 4.35. The number of nitrogens with one attached hydrogen (secondary N) is 1. The minimum Gasteiger partial charge on any atom is -0.457 e. The van der Waals surface area contributed by atoms with Crippen LogP contribution in [0.4, 0.5) is 0 Å². The van der Waals surface area contributed by atoms with Gasteiger partial charge in [-0.1, -0.05) is 11.6 Å². The van der Waals surface area contributed by atoms with Crippen LogP contribution in [0.25, 0.3) is 0 Å². The third-order valence-electron chi connectivity index (χ3n) is 2.74. The zero-order valence-electron chi connectivity index (χ0n) is 10.3. The first-order valence-corrected chi connectivity index (χ1v) is 6.75. The lowest BCUT2D eigenvalue weighted by Crippen LogP contribution is -2.31. The van der Waals surface area contributed by atoms with Gasteiger partial charge >= 0.3 is 0 Å². The van der Waals surface area contributed by atoms with Gasteiger partial charge in [0.1, 0.15) is 0 Å². The van der Waals surface area contributed by atoms with Gasteiger partial charge in [-0.3, -0.25) is 10.5 Å². The first kappa shape index (κ1) is 14.5. The first-order chi connectivity index (χ1) is 9.19. The summed E-state index contributed by atoms with van der Waals surface area (Å²) >= 11 is 9.54. The van der Waals surface area contributed by atoms with E-state index in [0.29, 0.717) is 22.8 Å². The van der Waals surface area contributed by atoms with Gasteiger partial charge in [0.25, 0.3) is 0 Å². The number of furan rings is 1. The first-order valence-electron chi connectivity index (χ1n) is 5.58. The fourth-order valence-corrected chi connectivity index (χ4v) is 2.56. The maximum absolute atomic E-state index is 6.20. The molecule has 0 bridgehead atoms. The summed E-state index contributed by atoms with van der Waals surface area (Å²) in [7, 11) is 1.64. The number of aromatic nitrogens is 2. The van der Waals surface area contributed by atoms with Crippen molar-refractivity contribution in [3.63, 3.8) is 0 Å². The Balaban J connectivity index is 2.38. The van der Waals surface area contributed by atoms with Crippen LogP contribution >= 0.6 is 27.5 Å². The van der Waals surface area contributed by atoms with Crippen LogP contribution in [0.3, 0.4) is 0 Å². The molecule has 0 aromatic carbocycles. The minimum atomic E-state index is -0.319. The van der Waals surface area contributed by atoms with Crippen LogP contribution in [0.15, 0.2) is 27.6 Å². The van der Waals surface area contributed by atoms with Gasteiger partial charge in [0.05, 0.1) is 42.4 Å². The Morgan fingerprint density at radius 3 is 3.05 bits per heavy atom. The largest absolute Gasteiger partial charge is 0.457 e. The van der Waals surface area contributed by atoms with E-state index in [2.05, 4.69) is 26.5 Å². The minimum absolute atomic E-state index is 0.319. The van der Waals surface area contributed by atoms with Gasteiger partial charge in [-0.25, -0.2) is 5.43 Å². The van der Waals surface area contributed by atoms with E-state index in [1.807, 2.05) is 6.07 Å². The topological polar surface area (TPSA) is 78.2 Å². The average molecular weight is 350 g/mol. The van der Waals surface area contributed by atoms with Crippen LogP contribution < -0.4 is 11.3 Å². The van der Waals surface area contributed by atoms with Gasteiger partial charge in [0, 0.05) is 12.7 Å². The Morgan fingerprint density at radius 2 is 2.47 bits per heavy atom. The van der Waals surface area contributed by atoms with Gasteiger partial charge in [0.2, 0.25) is 0 Å². The average Bonchev–Trinajstić information content (AvgIpc) is 2.97. The molecule has 1 atom stereocenters. The van der Waals surface area contributed by atoms with Crippen molar-refractivity contribution in [2.45, 2.75) is 12.6 Å². The van der Waals surface area contributed by atoms with E-state index in [0.717, 1.165) is 11.3 Å². The van der Waals surface area contributed by atoms with Crippen molar-refractivity contribution in [1.29, 1.82) is 0 Å². The summed E-state index contributed by atoms with van der Waals surface area (Å²) in [6.45, 7) is 1.13. The summed E-state index contributed by atoms with van der Waals surface area (Å²) < 4.78 is 12.6. The molecule has 0 radical (unpaired) electrons. The number of hydrogen-bond acceptors (Lipinski definition) is 5. The summed E-state index contributed by atoms with van der Waals surface area (Å²) in [5, 5.41) is 4.76. The van der Waals surface area contributed by atoms with Crippen LogP contribution in [0.5, 0.6) is 0 Å². The second-order valence-corrected chi connectivity index (χ2v) is 4.97. The quantitative estimate of drug-likeness (QED) is 0.617. The van der Waals surface area contributed by atoms with Crippen LogP contribution in [0.1, 0.15) is 17.3 Å². The van der Waals surface area contributed by atoms with E-state index >= 15 is 0 Å². The van der Waals surface area contributed by atoms with Crippen molar-refractivity contribution in [3.8, 4) is 0 Å². The molecule has 0 saturated carbocycles. The third-order valence-corrected chi connectivity index (χ3v) is 3.67. The Morgan fingerprint density at radius 1 is 1.68 bits per heavy atom. The zero-order chi connectivity index (χ0) is 13.8. The molecule has 2 aromatic rings. The highest BCUT2D eigenvalue weighted by Crippen LogP contribution is 2.32. The van der Waals surface area contributed by atoms with Crippen molar-refractivity contribution in [2.75, 3.05) is 13.7 Å². The number of hydrazine groups is 1. The van der Waals surface area contributed by atoms with E-state index < -0.39 is 0 Å². The molecular formula is C11H14BrClN4O2. The van der Waals surface area contributed by atoms with E-state index in [1.54, 1.807) is 24.3 Å². The molecule has 3 N–H and O–H groups in total. The number of nitrogens with zero attached hydrogens (tertiary/aromatic N) is 2. The van der Waals surface area contributed by atoms with Crippen LogP contribution in [0.2, 0.25) is 5.02 Å². The summed E-state index contributed by atoms with van der Waals surface area (Å²) in [6, 6.07) is 1.50. The molecule has 0 aliphatic heterocycles. The Hall–Kier alpha value is -0.860. The Bertz CT molecular complexity index is 543.